The number of hydrogen-bond donors (Lipinski definition) is 1. The maximum absolute atomic E-state index is 12.1. The van der Waals surface area contributed by atoms with E-state index in [0.717, 1.165) is 5.56 Å². The average molecular weight is 242 g/mol. The summed E-state index contributed by atoms with van der Waals surface area (Å²) in [5.41, 5.74) is 7.49. The van der Waals surface area contributed by atoms with Crippen LogP contribution in [0.5, 0.6) is 5.75 Å². The van der Waals surface area contributed by atoms with Gasteiger partial charge in [0.1, 0.15) is 5.75 Å². The Morgan fingerprint density at radius 3 is 2.83 bits per heavy atom. The molecule has 2 aromatic rings. The fourth-order valence-corrected chi connectivity index (χ4v) is 1.76. The highest BCUT2D eigenvalue weighted by Gasteiger charge is 2.12. The first kappa shape index (κ1) is 12.1. The SMILES string of the molecule is COc1ccccc1CC(=O)c1cnccc1N. The van der Waals surface area contributed by atoms with E-state index in [2.05, 4.69) is 4.98 Å². The molecule has 0 fully saturated rings. The zero-order valence-electron chi connectivity index (χ0n) is 10.1. The number of nitrogen functional groups attached to an aromatic ring is 1. The minimum Gasteiger partial charge on any atom is -0.496 e. The number of aromatic nitrogens is 1. The molecule has 2 N–H and O–H groups in total. The van der Waals surface area contributed by atoms with Crippen LogP contribution in [0.3, 0.4) is 0 Å². The number of methoxy groups -OCH3 is 1. The van der Waals surface area contributed by atoms with Gasteiger partial charge in [0.25, 0.3) is 0 Å². The minimum absolute atomic E-state index is 0.0647. The Morgan fingerprint density at radius 1 is 1.33 bits per heavy atom. The first-order chi connectivity index (χ1) is 8.72. The zero-order valence-corrected chi connectivity index (χ0v) is 10.1. The number of pyridine rings is 1. The van der Waals surface area contributed by atoms with Crippen LogP contribution in [0.2, 0.25) is 0 Å². The Morgan fingerprint density at radius 2 is 2.11 bits per heavy atom. The van der Waals surface area contributed by atoms with Gasteiger partial charge in [0.15, 0.2) is 5.78 Å². The number of Topliss-reactive ketones (excluding diaryl/α,β-unsaturated/α-hetero) is 1. The predicted octanol–water partition coefficient (Wildman–Crippen LogP) is 2.10. The fourth-order valence-electron chi connectivity index (χ4n) is 1.76. The zero-order chi connectivity index (χ0) is 13.0. The lowest BCUT2D eigenvalue weighted by Crippen LogP contribution is -2.08. The molecule has 1 aromatic heterocycles. The third kappa shape index (κ3) is 2.48. The summed E-state index contributed by atoms with van der Waals surface area (Å²) >= 11 is 0. The van der Waals surface area contributed by atoms with E-state index in [1.165, 1.54) is 6.20 Å². The third-order valence-corrected chi connectivity index (χ3v) is 2.70. The molecule has 0 spiro atoms. The van der Waals surface area contributed by atoms with E-state index in [4.69, 9.17) is 10.5 Å². The van der Waals surface area contributed by atoms with Gasteiger partial charge in [-0.3, -0.25) is 9.78 Å². The van der Waals surface area contributed by atoms with Crippen LogP contribution in [-0.4, -0.2) is 17.9 Å². The van der Waals surface area contributed by atoms with Gasteiger partial charge >= 0.3 is 0 Å². The topological polar surface area (TPSA) is 65.2 Å². The molecule has 1 heterocycles. The van der Waals surface area contributed by atoms with Crippen molar-refractivity contribution >= 4 is 11.5 Å². The van der Waals surface area contributed by atoms with Crippen molar-refractivity contribution in [2.45, 2.75) is 6.42 Å². The van der Waals surface area contributed by atoms with Gasteiger partial charge in [-0.05, 0) is 12.1 Å². The molecule has 4 nitrogen and oxygen atoms in total. The quantitative estimate of drug-likeness (QED) is 0.834. The van der Waals surface area contributed by atoms with Crippen LogP contribution < -0.4 is 10.5 Å². The average Bonchev–Trinajstić information content (AvgIpc) is 2.39. The van der Waals surface area contributed by atoms with Crippen LogP contribution in [0.1, 0.15) is 15.9 Å². The van der Waals surface area contributed by atoms with E-state index >= 15 is 0 Å². The van der Waals surface area contributed by atoms with E-state index in [1.807, 2.05) is 24.3 Å². The number of benzene rings is 1. The summed E-state index contributed by atoms with van der Waals surface area (Å²) in [6.07, 6.45) is 3.31. The van der Waals surface area contributed by atoms with E-state index in [-0.39, 0.29) is 12.2 Å². The summed E-state index contributed by atoms with van der Waals surface area (Å²) in [4.78, 5) is 16.0. The van der Waals surface area contributed by atoms with Crippen LogP contribution >= 0.6 is 0 Å². The number of rotatable bonds is 4. The summed E-state index contributed by atoms with van der Waals surface area (Å²) in [6, 6.07) is 9.05. The number of ketones is 1. The van der Waals surface area contributed by atoms with Crippen LogP contribution in [0, 0.1) is 0 Å². The highest BCUT2D eigenvalue weighted by Crippen LogP contribution is 2.20. The second-order valence-corrected chi connectivity index (χ2v) is 3.87. The van der Waals surface area contributed by atoms with Crippen LogP contribution in [0.4, 0.5) is 5.69 Å². The molecule has 0 aliphatic carbocycles. The van der Waals surface area contributed by atoms with Crippen LogP contribution in [0.25, 0.3) is 0 Å². The first-order valence-corrected chi connectivity index (χ1v) is 5.57. The lowest BCUT2D eigenvalue weighted by molar-refractivity contribution is 0.0992. The Hall–Kier alpha value is -2.36. The van der Waals surface area contributed by atoms with Gasteiger partial charge in [0.2, 0.25) is 0 Å². The summed E-state index contributed by atoms with van der Waals surface area (Å²) in [5, 5.41) is 0. The van der Waals surface area contributed by atoms with Crippen LogP contribution in [-0.2, 0) is 6.42 Å². The Bertz CT molecular complexity index is 567. The van der Waals surface area contributed by atoms with Gasteiger partial charge in [-0.15, -0.1) is 0 Å². The van der Waals surface area contributed by atoms with E-state index in [0.29, 0.717) is 17.0 Å². The smallest absolute Gasteiger partial charge is 0.171 e. The lowest BCUT2D eigenvalue weighted by Gasteiger charge is -2.08. The summed E-state index contributed by atoms with van der Waals surface area (Å²) < 4.78 is 5.21. The molecule has 0 aliphatic heterocycles. The Balaban J connectivity index is 2.24. The highest BCUT2D eigenvalue weighted by atomic mass is 16.5. The predicted molar refractivity (Wildman–Crippen MR) is 69.7 cm³/mol. The van der Waals surface area contributed by atoms with E-state index in [9.17, 15) is 4.79 Å². The molecule has 0 saturated carbocycles. The second kappa shape index (κ2) is 5.31. The van der Waals surface area contributed by atoms with Gasteiger partial charge in [0, 0.05) is 30.1 Å². The molecule has 0 amide bonds. The summed E-state index contributed by atoms with van der Waals surface area (Å²) in [5.74, 6) is 0.637. The molecule has 0 atom stereocenters. The monoisotopic (exact) mass is 242 g/mol. The molecule has 0 radical (unpaired) electrons. The van der Waals surface area contributed by atoms with Gasteiger partial charge in [-0.25, -0.2) is 0 Å². The number of carbonyl (C=O) groups excluding carboxylic acids is 1. The molecule has 0 saturated heterocycles. The summed E-state index contributed by atoms with van der Waals surface area (Å²) in [6.45, 7) is 0. The van der Waals surface area contributed by atoms with Crippen molar-refractivity contribution < 1.29 is 9.53 Å². The molecule has 92 valence electrons. The van der Waals surface area contributed by atoms with Crippen molar-refractivity contribution in [2.75, 3.05) is 12.8 Å². The largest absolute Gasteiger partial charge is 0.496 e. The number of nitrogens with two attached hydrogens (primary N) is 1. The van der Waals surface area contributed by atoms with Crippen molar-refractivity contribution in [1.82, 2.24) is 4.98 Å². The number of ether oxygens (including phenoxy) is 1. The number of nitrogens with zero attached hydrogens (tertiary/aromatic N) is 1. The summed E-state index contributed by atoms with van der Waals surface area (Å²) in [7, 11) is 1.59. The molecule has 0 aliphatic rings. The van der Waals surface area contributed by atoms with Gasteiger partial charge in [-0.2, -0.15) is 0 Å². The molecule has 4 heteroatoms. The van der Waals surface area contributed by atoms with Crippen molar-refractivity contribution in [3.05, 3.63) is 53.9 Å². The van der Waals surface area contributed by atoms with Gasteiger partial charge < -0.3 is 10.5 Å². The molecule has 18 heavy (non-hydrogen) atoms. The number of para-hydroxylation sites is 1. The van der Waals surface area contributed by atoms with Crippen molar-refractivity contribution in [1.29, 1.82) is 0 Å². The first-order valence-electron chi connectivity index (χ1n) is 5.57. The third-order valence-electron chi connectivity index (χ3n) is 2.70. The molecule has 0 unspecified atom stereocenters. The maximum Gasteiger partial charge on any atom is 0.171 e. The lowest BCUT2D eigenvalue weighted by atomic mass is 10.0. The van der Waals surface area contributed by atoms with Gasteiger partial charge in [0.05, 0.1) is 12.7 Å². The van der Waals surface area contributed by atoms with E-state index < -0.39 is 0 Å². The number of anilines is 1. The minimum atomic E-state index is -0.0647. The molecule has 1 aromatic carbocycles. The molecule has 0 bridgehead atoms. The maximum atomic E-state index is 12.1. The van der Waals surface area contributed by atoms with Crippen LogP contribution in [0.15, 0.2) is 42.7 Å². The van der Waals surface area contributed by atoms with Crippen molar-refractivity contribution in [3.8, 4) is 5.75 Å². The number of hydrogen-bond acceptors (Lipinski definition) is 4. The Kier molecular flexibility index (Phi) is 3.57. The normalized spacial score (nSPS) is 10.1. The molecular formula is C14H14N2O2. The fraction of sp³-hybridized carbons (Fsp3) is 0.143. The highest BCUT2D eigenvalue weighted by molar-refractivity contribution is 6.01. The second-order valence-electron chi connectivity index (χ2n) is 3.87. The number of carbonyl (C=O) groups is 1. The Labute approximate surface area is 105 Å². The molecular weight excluding hydrogens is 228 g/mol. The molecule has 2 rings (SSSR count). The van der Waals surface area contributed by atoms with Gasteiger partial charge in [-0.1, -0.05) is 18.2 Å². The standard InChI is InChI=1S/C14H14N2O2/c1-18-14-5-3-2-4-10(14)8-13(17)11-9-16-7-6-12(11)15/h2-7,9H,8H2,1H3,(H2,15,16). The van der Waals surface area contributed by atoms with Crippen molar-refractivity contribution in [2.24, 2.45) is 0 Å². The van der Waals surface area contributed by atoms with Crippen molar-refractivity contribution in [3.63, 3.8) is 0 Å². The van der Waals surface area contributed by atoms with E-state index in [1.54, 1.807) is 19.4 Å².